The number of ether oxygens (including phenoxy) is 1. The molecule has 0 saturated carbocycles. The van der Waals surface area contributed by atoms with Gasteiger partial charge in [0.15, 0.2) is 0 Å². The third-order valence-electron chi connectivity index (χ3n) is 2.57. The van der Waals surface area contributed by atoms with Crippen LogP contribution in [0.4, 0.5) is 0 Å². The molecule has 0 aliphatic carbocycles. The van der Waals surface area contributed by atoms with Crippen molar-refractivity contribution < 1.29 is 9.53 Å². The lowest BCUT2D eigenvalue weighted by molar-refractivity contribution is -0.142. The van der Waals surface area contributed by atoms with E-state index in [0.717, 1.165) is 12.8 Å². The predicted molar refractivity (Wildman–Crippen MR) is 80.5 cm³/mol. The van der Waals surface area contributed by atoms with Crippen LogP contribution in [0, 0.1) is 0 Å². The van der Waals surface area contributed by atoms with Crippen molar-refractivity contribution >= 4 is 18.4 Å². The number of carbonyl (C=O) groups excluding carboxylic acids is 1. The molecule has 2 N–H and O–H groups in total. The lowest BCUT2D eigenvalue weighted by atomic mass is 10.1. The molecule has 19 heavy (non-hydrogen) atoms. The highest BCUT2D eigenvalue weighted by Gasteiger charge is 1.96. The van der Waals surface area contributed by atoms with Gasteiger partial charge in [0.1, 0.15) is 0 Å². The predicted octanol–water partition coefficient (Wildman–Crippen LogP) is 2.66. The van der Waals surface area contributed by atoms with Gasteiger partial charge >= 0.3 is 5.97 Å². The van der Waals surface area contributed by atoms with E-state index < -0.39 is 0 Å². The molecule has 1 aromatic carbocycles. The Morgan fingerprint density at radius 3 is 2.42 bits per heavy atom. The molecule has 1 rings (SSSR count). The van der Waals surface area contributed by atoms with Crippen LogP contribution in [0.1, 0.15) is 24.5 Å². The lowest BCUT2D eigenvalue weighted by Gasteiger charge is -2.01. The molecule has 1 aromatic rings. The van der Waals surface area contributed by atoms with Crippen molar-refractivity contribution in [2.24, 2.45) is 5.73 Å². The average molecular weight is 284 g/mol. The van der Waals surface area contributed by atoms with E-state index >= 15 is 0 Å². The maximum atomic E-state index is 11.1. The number of carbonyl (C=O) groups is 1. The first kappa shape index (κ1) is 17.7. The summed E-state index contributed by atoms with van der Waals surface area (Å²) in [6, 6.07) is 8.39. The van der Waals surface area contributed by atoms with Gasteiger partial charge in [-0.15, -0.1) is 12.4 Å². The van der Waals surface area contributed by atoms with Crippen molar-refractivity contribution in [3.8, 4) is 0 Å². The summed E-state index contributed by atoms with van der Waals surface area (Å²) in [7, 11) is 0. The van der Waals surface area contributed by atoms with Crippen molar-refractivity contribution in [3.63, 3.8) is 0 Å². The lowest BCUT2D eigenvalue weighted by Crippen LogP contribution is -2.02. The molecule has 0 radical (unpaired) electrons. The van der Waals surface area contributed by atoms with Crippen LogP contribution >= 0.6 is 12.4 Å². The van der Waals surface area contributed by atoms with Crippen LogP contribution in [0.25, 0.3) is 0 Å². The highest BCUT2D eigenvalue weighted by atomic mass is 35.5. The van der Waals surface area contributed by atoms with E-state index in [1.165, 1.54) is 11.1 Å². The summed E-state index contributed by atoms with van der Waals surface area (Å²) in [5.74, 6) is -0.174. The number of esters is 1. The Balaban J connectivity index is 0.00000324. The van der Waals surface area contributed by atoms with Crippen molar-refractivity contribution in [1.82, 2.24) is 0 Å². The van der Waals surface area contributed by atoms with Crippen molar-refractivity contribution in [2.45, 2.75) is 26.2 Å². The summed E-state index contributed by atoms with van der Waals surface area (Å²) >= 11 is 0. The van der Waals surface area contributed by atoms with E-state index in [9.17, 15) is 4.79 Å². The quantitative estimate of drug-likeness (QED) is 0.618. The normalized spacial score (nSPS) is 10.2. The largest absolute Gasteiger partial charge is 0.466 e. The van der Waals surface area contributed by atoms with E-state index in [2.05, 4.69) is 24.3 Å². The van der Waals surface area contributed by atoms with Crippen LogP contribution in [-0.4, -0.2) is 19.1 Å². The maximum Gasteiger partial charge on any atom is 0.309 e. The Morgan fingerprint density at radius 2 is 1.84 bits per heavy atom. The number of nitrogens with two attached hydrogens (primary N) is 1. The molecule has 106 valence electrons. The summed E-state index contributed by atoms with van der Waals surface area (Å²) in [4.78, 5) is 11.1. The van der Waals surface area contributed by atoms with Crippen molar-refractivity contribution in [1.29, 1.82) is 0 Å². The number of rotatable bonds is 7. The zero-order chi connectivity index (χ0) is 13.2. The van der Waals surface area contributed by atoms with E-state index in [-0.39, 0.29) is 18.4 Å². The Bertz CT molecular complexity index is 388. The van der Waals surface area contributed by atoms with Crippen LogP contribution in [0.5, 0.6) is 0 Å². The molecule has 0 unspecified atom stereocenters. The number of halogens is 1. The van der Waals surface area contributed by atoms with Crippen molar-refractivity contribution in [3.05, 3.63) is 47.5 Å². The third-order valence-corrected chi connectivity index (χ3v) is 2.57. The van der Waals surface area contributed by atoms with Gasteiger partial charge in [-0.1, -0.05) is 36.4 Å². The summed E-state index contributed by atoms with van der Waals surface area (Å²) in [5, 5.41) is 0. The van der Waals surface area contributed by atoms with Gasteiger partial charge in [0.2, 0.25) is 0 Å². The van der Waals surface area contributed by atoms with E-state index in [1.54, 1.807) is 0 Å². The first-order valence-corrected chi connectivity index (χ1v) is 6.34. The zero-order valence-electron chi connectivity index (χ0n) is 11.3. The number of benzene rings is 1. The van der Waals surface area contributed by atoms with Gasteiger partial charge in [-0.25, -0.2) is 0 Å². The first-order chi connectivity index (χ1) is 8.76. The zero-order valence-corrected chi connectivity index (χ0v) is 12.1. The molecule has 0 atom stereocenters. The van der Waals surface area contributed by atoms with E-state index in [0.29, 0.717) is 19.6 Å². The Hall–Kier alpha value is -1.32. The van der Waals surface area contributed by atoms with Gasteiger partial charge < -0.3 is 10.5 Å². The molecule has 4 heteroatoms. The van der Waals surface area contributed by atoms with E-state index in [4.69, 9.17) is 10.5 Å². The third kappa shape index (κ3) is 7.65. The number of hydrogen-bond acceptors (Lipinski definition) is 3. The summed E-state index contributed by atoms with van der Waals surface area (Å²) < 4.78 is 4.83. The monoisotopic (exact) mass is 283 g/mol. The second-order valence-corrected chi connectivity index (χ2v) is 4.04. The topological polar surface area (TPSA) is 52.3 Å². The highest BCUT2D eigenvalue weighted by molar-refractivity contribution is 5.85. The number of hydrogen-bond donors (Lipinski definition) is 1. The molecule has 0 amide bonds. The summed E-state index contributed by atoms with van der Waals surface area (Å²) in [6.07, 6.45) is 5.95. The van der Waals surface area contributed by atoms with Crippen LogP contribution in [-0.2, 0) is 22.4 Å². The molecule has 0 aliphatic rings. The average Bonchev–Trinajstić information content (AvgIpc) is 2.37. The number of allylic oxidation sites excluding steroid dienone is 1. The fourth-order valence-corrected chi connectivity index (χ4v) is 1.63. The fraction of sp³-hybridized carbons (Fsp3) is 0.400. The Labute approximate surface area is 121 Å². The molecule has 0 spiro atoms. The molecule has 0 aromatic heterocycles. The SMILES string of the molecule is CCOC(=O)CC=CCc1ccc(CCN)cc1.Cl. The van der Waals surface area contributed by atoms with Gasteiger partial charge in [0.25, 0.3) is 0 Å². The standard InChI is InChI=1S/C15H21NO2.ClH/c1-2-18-15(17)6-4-3-5-13-7-9-14(10-8-13)11-12-16;/h3-4,7-10H,2,5-6,11-12,16H2,1H3;1H. The van der Waals surface area contributed by atoms with E-state index in [1.807, 2.05) is 19.1 Å². The minimum absolute atomic E-state index is 0. The Kier molecular flexibility index (Phi) is 9.85. The first-order valence-electron chi connectivity index (χ1n) is 6.34. The molecule has 0 aliphatic heterocycles. The van der Waals surface area contributed by atoms with Crippen LogP contribution < -0.4 is 5.73 Å². The molecular formula is C15H22ClNO2. The summed E-state index contributed by atoms with van der Waals surface area (Å²) in [6.45, 7) is 2.93. The molecule has 0 saturated heterocycles. The second kappa shape index (κ2) is 10.6. The van der Waals surface area contributed by atoms with Gasteiger partial charge in [-0.2, -0.15) is 0 Å². The molecule has 0 bridgehead atoms. The maximum absolute atomic E-state index is 11.1. The molecule has 3 nitrogen and oxygen atoms in total. The van der Waals surface area contributed by atoms with Crippen LogP contribution in [0.2, 0.25) is 0 Å². The van der Waals surface area contributed by atoms with Gasteiger partial charge in [0, 0.05) is 0 Å². The Morgan fingerprint density at radius 1 is 1.21 bits per heavy atom. The van der Waals surface area contributed by atoms with Crippen LogP contribution in [0.15, 0.2) is 36.4 Å². The minimum Gasteiger partial charge on any atom is -0.466 e. The van der Waals surface area contributed by atoms with Gasteiger partial charge in [-0.05, 0) is 37.4 Å². The molecule has 0 fully saturated rings. The molecule has 0 heterocycles. The van der Waals surface area contributed by atoms with Gasteiger partial charge in [-0.3, -0.25) is 4.79 Å². The fourth-order valence-electron chi connectivity index (χ4n) is 1.63. The molecular weight excluding hydrogens is 262 g/mol. The van der Waals surface area contributed by atoms with Gasteiger partial charge in [0.05, 0.1) is 13.0 Å². The second-order valence-electron chi connectivity index (χ2n) is 4.04. The minimum atomic E-state index is -0.174. The highest BCUT2D eigenvalue weighted by Crippen LogP contribution is 2.06. The smallest absolute Gasteiger partial charge is 0.309 e. The van der Waals surface area contributed by atoms with Crippen molar-refractivity contribution in [2.75, 3.05) is 13.2 Å². The van der Waals surface area contributed by atoms with Crippen LogP contribution in [0.3, 0.4) is 0 Å². The summed E-state index contributed by atoms with van der Waals surface area (Å²) in [5.41, 5.74) is 7.99.